The second-order valence-electron chi connectivity index (χ2n) is 7.45. The quantitative estimate of drug-likeness (QED) is 0.268. The van der Waals surface area contributed by atoms with E-state index in [1.807, 2.05) is 37.7 Å². The molecule has 1 N–H and O–H groups in total. The Morgan fingerprint density at radius 2 is 2.03 bits per heavy atom. The molecule has 0 unspecified atom stereocenters. The summed E-state index contributed by atoms with van der Waals surface area (Å²) >= 11 is 1.77. The maximum Gasteiger partial charge on any atom is 0.194 e. The van der Waals surface area contributed by atoms with Crippen LogP contribution in [-0.2, 0) is 26.6 Å². The highest BCUT2D eigenvalue weighted by molar-refractivity contribution is 14.0. The van der Waals surface area contributed by atoms with E-state index in [0.29, 0.717) is 26.3 Å². The lowest BCUT2D eigenvalue weighted by Crippen LogP contribution is -2.39. The van der Waals surface area contributed by atoms with Gasteiger partial charge in [0.2, 0.25) is 0 Å². The number of aromatic nitrogens is 3. The molecule has 172 valence electrons. The zero-order valence-electron chi connectivity index (χ0n) is 18.6. The Hall–Kier alpha value is -2.34. The van der Waals surface area contributed by atoms with Crippen molar-refractivity contribution in [1.82, 2.24) is 25.0 Å². The van der Waals surface area contributed by atoms with E-state index in [2.05, 4.69) is 44.0 Å². The van der Waals surface area contributed by atoms with Crippen LogP contribution in [0.1, 0.15) is 22.1 Å². The van der Waals surface area contributed by atoms with Gasteiger partial charge in [0.05, 0.1) is 0 Å². The van der Waals surface area contributed by atoms with Crippen molar-refractivity contribution in [3.63, 3.8) is 0 Å². The Morgan fingerprint density at radius 1 is 1.22 bits per heavy atom. The third kappa shape index (κ3) is 6.12. The topological polar surface area (TPSA) is 76.8 Å². The molecular formula is C22H29IN6O2S. The molecule has 0 fully saturated rings. The number of fused-ring (bicyclic) bond motifs is 1. The highest BCUT2D eigenvalue weighted by atomic mass is 127. The number of guanidine groups is 1. The molecule has 0 amide bonds. The van der Waals surface area contributed by atoms with Gasteiger partial charge in [-0.05, 0) is 42.5 Å². The number of aryl methyl sites for hydroxylation is 1. The van der Waals surface area contributed by atoms with E-state index in [4.69, 9.17) is 14.5 Å². The number of halogens is 1. The van der Waals surface area contributed by atoms with Gasteiger partial charge in [-0.3, -0.25) is 0 Å². The summed E-state index contributed by atoms with van der Waals surface area (Å²) in [5, 5.41) is 14.0. The third-order valence-electron chi connectivity index (χ3n) is 5.18. The van der Waals surface area contributed by atoms with Crippen LogP contribution in [0.4, 0.5) is 0 Å². The number of benzene rings is 1. The van der Waals surface area contributed by atoms with Gasteiger partial charge >= 0.3 is 0 Å². The summed E-state index contributed by atoms with van der Waals surface area (Å²) in [4.78, 5) is 8.29. The van der Waals surface area contributed by atoms with E-state index in [1.165, 1.54) is 4.88 Å². The Balaban J connectivity index is 0.00000289. The van der Waals surface area contributed by atoms with Crippen LogP contribution in [0.3, 0.4) is 0 Å². The summed E-state index contributed by atoms with van der Waals surface area (Å²) < 4.78 is 13.3. The highest BCUT2D eigenvalue weighted by Crippen LogP contribution is 2.31. The van der Waals surface area contributed by atoms with Crippen molar-refractivity contribution in [2.45, 2.75) is 26.4 Å². The first kappa shape index (κ1) is 24.3. The van der Waals surface area contributed by atoms with Gasteiger partial charge in [-0.25, -0.2) is 4.99 Å². The molecule has 0 aliphatic carbocycles. The summed E-state index contributed by atoms with van der Waals surface area (Å²) in [6.45, 7) is 5.08. The second-order valence-corrected chi connectivity index (χ2v) is 8.48. The van der Waals surface area contributed by atoms with Gasteiger partial charge in [-0.2, -0.15) is 0 Å². The molecule has 32 heavy (non-hydrogen) atoms. The van der Waals surface area contributed by atoms with E-state index in [1.54, 1.807) is 11.3 Å². The number of hydrogen-bond acceptors (Lipinski definition) is 6. The fraction of sp³-hybridized carbons (Fsp3) is 0.409. The van der Waals surface area contributed by atoms with Crippen LogP contribution < -0.4 is 14.8 Å². The van der Waals surface area contributed by atoms with Crippen molar-refractivity contribution in [1.29, 1.82) is 0 Å². The molecule has 0 saturated carbocycles. The summed E-state index contributed by atoms with van der Waals surface area (Å²) in [5.41, 5.74) is 1.13. The van der Waals surface area contributed by atoms with Crippen molar-refractivity contribution in [2.24, 2.45) is 12.0 Å². The molecule has 2 aromatic heterocycles. The van der Waals surface area contributed by atoms with E-state index < -0.39 is 0 Å². The first-order chi connectivity index (χ1) is 15.1. The predicted octanol–water partition coefficient (Wildman–Crippen LogP) is 3.39. The molecule has 0 bridgehead atoms. The zero-order valence-corrected chi connectivity index (χ0v) is 21.7. The van der Waals surface area contributed by atoms with Crippen LogP contribution in [0.5, 0.6) is 11.5 Å². The highest BCUT2D eigenvalue weighted by Gasteiger charge is 2.14. The lowest BCUT2D eigenvalue weighted by molar-refractivity contribution is 0.171. The molecule has 1 aliphatic rings. The van der Waals surface area contributed by atoms with Gasteiger partial charge in [0.15, 0.2) is 23.3 Å². The molecule has 0 radical (unpaired) electrons. The maximum atomic E-state index is 5.73. The van der Waals surface area contributed by atoms with Crippen molar-refractivity contribution in [2.75, 3.05) is 26.8 Å². The minimum Gasteiger partial charge on any atom is -0.486 e. The Kier molecular flexibility index (Phi) is 8.74. The molecule has 3 aromatic rings. The van der Waals surface area contributed by atoms with Crippen molar-refractivity contribution in [3.8, 4) is 11.5 Å². The molecule has 0 spiro atoms. The molecule has 4 rings (SSSR count). The average molecular weight is 568 g/mol. The normalized spacial score (nSPS) is 12.9. The number of nitrogens with one attached hydrogen (secondary N) is 1. The van der Waals surface area contributed by atoms with E-state index in [9.17, 15) is 0 Å². The Bertz CT molecular complexity index is 1040. The van der Waals surface area contributed by atoms with Crippen LogP contribution in [0.2, 0.25) is 0 Å². The first-order valence-corrected chi connectivity index (χ1v) is 11.2. The first-order valence-electron chi connectivity index (χ1n) is 10.4. The largest absolute Gasteiger partial charge is 0.486 e. The van der Waals surface area contributed by atoms with Crippen molar-refractivity contribution in [3.05, 3.63) is 57.8 Å². The minimum atomic E-state index is 0. The standard InChI is InChI=1S/C22H28N6O2S.HI/c1-16-25-26-21(28(16)3)14-24-22(23-9-8-18-5-4-12-31-18)27(2)15-17-6-7-19-20(13-17)30-11-10-29-19;/h4-7,12-13H,8-11,14-15H2,1-3H3,(H,23,24);1H. The molecule has 0 saturated heterocycles. The zero-order chi connectivity index (χ0) is 21.6. The number of rotatable bonds is 7. The predicted molar refractivity (Wildman–Crippen MR) is 137 cm³/mol. The molecule has 8 nitrogen and oxygen atoms in total. The minimum absolute atomic E-state index is 0. The number of thiophene rings is 1. The Morgan fingerprint density at radius 3 is 2.75 bits per heavy atom. The number of nitrogens with zero attached hydrogens (tertiary/aromatic N) is 5. The van der Waals surface area contributed by atoms with Crippen LogP contribution in [-0.4, -0.2) is 52.4 Å². The molecule has 1 aliphatic heterocycles. The van der Waals surface area contributed by atoms with E-state index in [-0.39, 0.29) is 24.0 Å². The molecule has 10 heteroatoms. The van der Waals surface area contributed by atoms with Gasteiger partial charge in [0.1, 0.15) is 25.6 Å². The van der Waals surface area contributed by atoms with Gasteiger partial charge in [0, 0.05) is 32.1 Å². The molecule has 3 heterocycles. The van der Waals surface area contributed by atoms with Gasteiger partial charge in [-0.15, -0.1) is 45.5 Å². The van der Waals surface area contributed by atoms with Crippen LogP contribution in [0.25, 0.3) is 0 Å². The summed E-state index contributed by atoms with van der Waals surface area (Å²) in [5.74, 6) is 4.14. The average Bonchev–Trinajstić information content (AvgIpc) is 3.41. The van der Waals surface area contributed by atoms with Gasteiger partial charge < -0.3 is 24.3 Å². The molecule has 1 aromatic carbocycles. The lowest BCUT2D eigenvalue weighted by Gasteiger charge is -2.24. The van der Waals surface area contributed by atoms with E-state index in [0.717, 1.165) is 47.6 Å². The fourth-order valence-electron chi connectivity index (χ4n) is 3.33. The van der Waals surface area contributed by atoms with E-state index >= 15 is 0 Å². The van der Waals surface area contributed by atoms with Crippen LogP contribution in [0.15, 0.2) is 40.7 Å². The summed E-state index contributed by atoms with van der Waals surface area (Å²) in [7, 11) is 4.00. The number of aliphatic imine (C=N–C) groups is 1. The van der Waals surface area contributed by atoms with Gasteiger partial charge in [0.25, 0.3) is 0 Å². The molecule has 0 atom stereocenters. The monoisotopic (exact) mass is 568 g/mol. The number of hydrogen-bond donors (Lipinski definition) is 1. The summed E-state index contributed by atoms with van der Waals surface area (Å²) in [6, 6.07) is 10.3. The SMILES string of the molecule is Cc1nnc(CN=C(NCCc2cccs2)N(C)Cc2ccc3c(c2)OCCO3)n1C.I. The smallest absolute Gasteiger partial charge is 0.194 e. The van der Waals surface area contributed by atoms with Crippen molar-refractivity contribution < 1.29 is 9.47 Å². The lowest BCUT2D eigenvalue weighted by atomic mass is 10.2. The Labute approximate surface area is 209 Å². The number of ether oxygens (including phenoxy) is 2. The van der Waals surface area contributed by atoms with Gasteiger partial charge in [-0.1, -0.05) is 12.1 Å². The molecular weight excluding hydrogens is 539 g/mol. The van der Waals surface area contributed by atoms with Crippen molar-refractivity contribution >= 4 is 41.3 Å². The summed E-state index contributed by atoms with van der Waals surface area (Å²) in [6.07, 6.45) is 0.956. The maximum absolute atomic E-state index is 5.73. The fourth-order valence-corrected chi connectivity index (χ4v) is 4.04. The van der Waals surface area contributed by atoms with Crippen LogP contribution in [0, 0.1) is 6.92 Å². The third-order valence-corrected chi connectivity index (χ3v) is 6.11. The van der Waals surface area contributed by atoms with Crippen LogP contribution >= 0.6 is 35.3 Å². The second kappa shape index (κ2) is 11.5.